The second kappa shape index (κ2) is 9.77. The molecular weight excluding hydrogens is 344 g/mol. The van der Waals surface area contributed by atoms with Gasteiger partial charge in [0.2, 0.25) is 5.91 Å². The van der Waals surface area contributed by atoms with Crippen molar-refractivity contribution in [1.82, 2.24) is 19.7 Å². The zero-order valence-electron chi connectivity index (χ0n) is 15.1. The number of thioether (sulfide) groups is 1. The number of carbonyl (C=O) groups is 1. The Balaban J connectivity index is 2.19. The molecule has 0 bridgehead atoms. The van der Waals surface area contributed by atoms with E-state index in [4.69, 9.17) is 0 Å². The van der Waals surface area contributed by atoms with Crippen LogP contribution in [-0.4, -0.2) is 44.4 Å². The van der Waals surface area contributed by atoms with Crippen LogP contribution in [0.15, 0.2) is 67.4 Å². The first-order valence-electron chi connectivity index (χ1n) is 8.34. The van der Waals surface area contributed by atoms with Gasteiger partial charge in [0.15, 0.2) is 11.0 Å². The molecule has 0 aliphatic rings. The van der Waals surface area contributed by atoms with Gasteiger partial charge in [-0.3, -0.25) is 9.36 Å². The summed E-state index contributed by atoms with van der Waals surface area (Å²) in [6, 6.07) is 8.11. The van der Waals surface area contributed by atoms with Crippen molar-refractivity contribution in [1.29, 1.82) is 0 Å². The van der Waals surface area contributed by atoms with E-state index in [0.717, 1.165) is 17.0 Å². The minimum Gasteiger partial charge on any atom is -0.335 e. The summed E-state index contributed by atoms with van der Waals surface area (Å²) in [6.45, 7) is 14.8. The summed E-state index contributed by atoms with van der Waals surface area (Å²) in [4.78, 5) is 14.1. The van der Waals surface area contributed by atoms with Gasteiger partial charge >= 0.3 is 0 Å². The van der Waals surface area contributed by atoms with Gasteiger partial charge in [0.1, 0.15) is 0 Å². The van der Waals surface area contributed by atoms with Crippen molar-refractivity contribution in [2.75, 3.05) is 18.8 Å². The van der Waals surface area contributed by atoms with Crippen molar-refractivity contribution in [2.45, 2.75) is 18.6 Å². The van der Waals surface area contributed by atoms with Gasteiger partial charge in [-0.25, -0.2) is 0 Å². The number of nitrogens with zero attached hydrogens (tertiary/aromatic N) is 4. The highest BCUT2D eigenvalue weighted by Gasteiger charge is 2.17. The smallest absolute Gasteiger partial charge is 0.233 e. The Kier molecular flexibility index (Phi) is 7.41. The summed E-state index contributed by atoms with van der Waals surface area (Å²) in [6.07, 6.45) is 5.22. The largest absolute Gasteiger partial charge is 0.335 e. The van der Waals surface area contributed by atoms with Gasteiger partial charge in [-0.15, -0.1) is 29.9 Å². The molecule has 2 aromatic rings. The molecule has 0 N–H and O–H groups in total. The first-order valence-corrected chi connectivity index (χ1v) is 9.32. The van der Waals surface area contributed by atoms with E-state index >= 15 is 0 Å². The molecule has 5 nitrogen and oxygen atoms in total. The SMILES string of the molecule is C=CCN(CC=C)C(=O)CSc1nnc(-c2cccc(C)c2)n1CC=C. The third kappa shape index (κ3) is 4.95. The predicted octanol–water partition coefficient (Wildman–Crippen LogP) is 3.73. The summed E-state index contributed by atoms with van der Waals surface area (Å²) < 4.78 is 1.98. The van der Waals surface area contributed by atoms with Crippen LogP contribution in [-0.2, 0) is 11.3 Å². The zero-order valence-corrected chi connectivity index (χ0v) is 15.9. The van der Waals surface area contributed by atoms with Gasteiger partial charge in [0.05, 0.1) is 5.75 Å². The number of hydrogen-bond donors (Lipinski definition) is 0. The molecule has 136 valence electrons. The second-order valence-corrected chi connectivity index (χ2v) is 6.68. The van der Waals surface area contributed by atoms with E-state index < -0.39 is 0 Å². The molecule has 1 aromatic heterocycles. The molecule has 0 unspecified atom stereocenters. The van der Waals surface area contributed by atoms with Crippen LogP contribution in [0.3, 0.4) is 0 Å². The van der Waals surface area contributed by atoms with Crippen molar-refractivity contribution >= 4 is 17.7 Å². The fourth-order valence-electron chi connectivity index (χ4n) is 2.49. The Hall–Kier alpha value is -2.60. The molecule has 0 aliphatic heterocycles. The van der Waals surface area contributed by atoms with Crippen molar-refractivity contribution in [3.05, 3.63) is 67.8 Å². The fraction of sp³-hybridized carbons (Fsp3) is 0.250. The van der Waals surface area contributed by atoms with Crippen LogP contribution in [0.1, 0.15) is 5.56 Å². The highest BCUT2D eigenvalue weighted by Crippen LogP contribution is 2.25. The predicted molar refractivity (Wildman–Crippen MR) is 108 cm³/mol. The van der Waals surface area contributed by atoms with Gasteiger partial charge < -0.3 is 4.90 Å². The van der Waals surface area contributed by atoms with E-state index in [1.165, 1.54) is 11.8 Å². The highest BCUT2D eigenvalue weighted by molar-refractivity contribution is 7.99. The molecule has 26 heavy (non-hydrogen) atoms. The number of amides is 1. The van der Waals surface area contributed by atoms with Crippen LogP contribution in [0.5, 0.6) is 0 Å². The molecule has 0 spiro atoms. The van der Waals surface area contributed by atoms with E-state index in [-0.39, 0.29) is 11.7 Å². The number of aromatic nitrogens is 3. The Labute approximate surface area is 159 Å². The van der Waals surface area contributed by atoms with E-state index in [9.17, 15) is 4.79 Å². The number of hydrogen-bond acceptors (Lipinski definition) is 4. The molecule has 0 aliphatic carbocycles. The Morgan fingerprint density at radius 3 is 2.54 bits per heavy atom. The number of carbonyl (C=O) groups excluding carboxylic acids is 1. The maximum Gasteiger partial charge on any atom is 0.233 e. The Bertz CT molecular complexity index is 787. The van der Waals surface area contributed by atoms with Crippen LogP contribution < -0.4 is 0 Å². The molecule has 1 aromatic carbocycles. The lowest BCUT2D eigenvalue weighted by Gasteiger charge is -2.18. The third-order valence-corrected chi connectivity index (χ3v) is 4.63. The fourth-order valence-corrected chi connectivity index (χ4v) is 3.34. The van der Waals surface area contributed by atoms with E-state index in [2.05, 4.69) is 36.0 Å². The van der Waals surface area contributed by atoms with Crippen molar-refractivity contribution in [2.24, 2.45) is 0 Å². The number of aryl methyl sites for hydroxylation is 1. The van der Waals surface area contributed by atoms with Crippen molar-refractivity contribution < 1.29 is 4.79 Å². The molecule has 6 heteroatoms. The summed E-state index contributed by atoms with van der Waals surface area (Å²) in [7, 11) is 0. The number of benzene rings is 1. The summed E-state index contributed by atoms with van der Waals surface area (Å²) in [5.41, 5.74) is 2.15. The first kappa shape index (κ1) is 19.7. The molecule has 0 fully saturated rings. The molecular formula is C20H24N4OS. The topological polar surface area (TPSA) is 51.0 Å². The third-order valence-electron chi connectivity index (χ3n) is 3.68. The standard InChI is InChI=1S/C20H24N4OS/c1-5-11-23(12-6-2)18(25)15-26-20-22-21-19(24(20)13-7-3)17-10-8-9-16(4)14-17/h5-10,14H,1-3,11-13,15H2,4H3. The molecule has 0 atom stereocenters. The van der Waals surface area contributed by atoms with Crippen LogP contribution in [0.4, 0.5) is 0 Å². The van der Waals surface area contributed by atoms with Gasteiger partial charge in [-0.2, -0.15) is 0 Å². The Morgan fingerprint density at radius 1 is 1.19 bits per heavy atom. The number of rotatable bonds is 10. The van der Waals surface area contributed by atoms with Crippen LogP contribution in [0.25, 0.3) is 11.4 Å². The second-order valence-electron chi connectivity index (χ2n) is 5.74. The molecule has 0 saturated carbocycles. The zero-order chi connectivity index (χ0) is 18.9. The maximum atomic E-state index is 12.4. The molecule has 0 radical (unpaired) electrons. The lowest BCUT2D eigenvalue weighted by atomic mass is 10.1. The lowest BCUT2D eigenvalue weighted by Crippen LogP contribution is -2.32. The molecule has 2 rings (SSSR count). The normalized spacial score (nSPS) is 10.3. The summed E-state index contributed by atoms with van der Waals surface area (Å²) >= 11 is 1.38. The minimum atomic E-state index is 0.0139. The molecule has 1 amide bonds. The van der Waals surface area contributed by atoms with E-state index in [1.807, 2.05) is 29.7 Å². The average molecular weight is 369 g/mol. The molecule has 0 saturated heterocycles. The van der Waals surface area contributed by atoms with Crippen LogP contribution >= 0.6 is 11.8 Å². The first-order chi connectivity index (χ1) is 12.6. The van der Waals surface area contributed by atoms with E-state index in [0.29, 0.717) is 24.8 Å². The van der Waals surface area contributed by atoms with Gasteiger partial charge in [-0.1, -0.05) is 53.8 Å². The Morgan fingerprint density at radius 2 is 1.92 bits per heavy atom. The highest BCUT2D eigenvalue weighted by atomic mass is 32.2. The van der Waals surface area contributed by atoms with Gasteiger partial charge in [0.25, 0.3) is 0 Å². The van der Waals surface area contributed by atoms with Crippen molar-refractivity contribution in [3.8, 4) is 11.4 Å². The number of allylic oxidation sites excluding steroid dienone is 1. The average Bonchev–Trinajstić information content (AvgIpc) is 3.02. The quantitative estimate of drug-likeness (QED) is 0.474. The summed E-state index contributed by atoms with van der Waals surface area (Å²) in [5, 5.41) is 9.31. The van der Waals surface area contributed by atoms with Crippen molar-refractivity contribution in [3.63, 3.8) is 0 Å². The van der Waals surface area contributed by atoms with E-state index in [1.54, 1.807) is 23.1 Å². The summed E-state index contributed by atoms with van der Waals surface area (Å²) in [5.74, 6) is 1.07. The van der Waals surface area contributed by atoms with Crippen LogP contribution in [0, 0.1) is 6.92 Å². The van der Waals surface area contributed by atoms with Crippen LogP contribution in [0.2, 0.25) is 0 Å². The molecule has 1 heterocycles. The monoisotopic (exact) mass is 368 g/mol. The minimum absolute atomic E-state index is 0.0139. The lowest BCUT2D eigenvalue weighted by molar-refractivity contribution is -0.127. The van der Waals surface area contributed by atoms with Gasteiger partial charge in [0, 0.05) is 25.2 Å². The maximum absolute atomic E-state index is 12.4. The van der Waals surface area contributed by atoms with Gasteiger partial charge in [-0.05, 0) is 13.0 Å².